The second-order valence-corrected chi connectivity index (χ2v) is 5.81. The lowest BCUT2D eigenvalue weighted by Crippen LogP contribution is -2.17. The number of nitrogens with one attached hydrogen (secondary N) is 1. The number of carbonyl (C=O) groups is 1. The zero-order valence-corrected chi connectivity index (χ0v) is 11.9. The Balaban J connectivity index is 2.50. The Kier molecular flexibility index (Phi) is 3.69. The van der Waals surface area contributed by atoms with Gasteiger partial charge in [0.15, 0.2) is 0 Å². The van der Waals surface area contributed by atoms with Crippen molar-refractivity contribution in [1.29, 1.82) is 0 Å². The highest BCUT2D eigenvalue weighted by molar-refractivity contribution is 7.92. The molecule has 112 valence electrons. The Bertz CT molecular complexity index is 796. The van der Waals surface area contributed by atoms with Crippen molar-refractivity contribution in [2.75, 3.05) is 4.72 Å². The van der Waals surface area contributed by atoms with Crippen LogP contribution in [0.15, 0.2) is 27.6 Å². The highest BCUT2D eigenvalue weighted by atomic mass is 32.2. The van der Waals surface area contributed by atoms with Crippen LogP contribution in [-0.2, 0) is 10.0 Å². The molecule has 2 aromatic rings. The summed E-state index contributed by atoms with van der Waals surface area (Å²) >= 11 is 0. The van der Waals surface area contributed by atoms with E-state index in [1.807, 2.05) is 0 Å². The van der Waals surface area contributed by atoms with Gasteiger partial charge in [0.25, 0.3) is 10.0 Å². The molecule has 0 atom stereocenters. The standard InChI is InChI=1S/C12H11FN2O5S/c1-6-10(12(16)17)11(7(2)20-6)21(18,19)15-9-4-3-8(13)5-14-9/h3-5H,1-2H3,(H,14,15)(H,16,17). The van der Waals surface area contributed by atoms with Crippen molar-refractivity contribution in [3.63, 3.8) is 0 Å². The lowest BCUT2D eigenvalue weighted by molar-refractivity contribution is 0.0691. The van der Waals surface area contributed by atoms with Gasteiger partial charge in [-0.2, -0.15) is 0 Å². The molecule has 9 heteroatoms. The van der Waals surface area contributed by atoms with Crippen LogP contribution in [0.2, 0.25) is 0 Å². The zero-order valence-electron chi connectivity index (χ0n) is 11.0. The molecule has 0 aliphatic carbocycles. The second kappa shape index (κ2) is 5.17. The first-order chi connectivity index (χ1) is 9.72. The first-order valence-corrected chi connectivity index (χ1v) is 7.18. The Hall–Kier alpha value is -2.42. The summed E-state index contributed by atoms with van der Waals surface area (Å²) in [7, 11) is -4.22. The topological polar surface area (TPSA) is 110 Å². The van der Waals surface area contributed by atoms with Gasteiger partial charge in [0.05, 0.1) is 6.20 Å². The van der Waals surface area contributed by atoms with Crippen LogP contribution in [0.5, 0.6) is 0 Å². The number of carboxylic acids is 1. The molecule has 2 rings (SSSR count). The molecule has 0 unspecified atom stereocenters. The van der Waals surface area contributed by atoms with E-state index in [0.717, 1.165) is 18.3 Å². The van der Waals surface area contributed by atoms with E-state index in [1.54, 1.807) is 0 Å². The summed E-state index contributed by atoms with van der Waals surface area (Å²) in [6.45, 7) is 2.69. The molecular formula is C12H11FN2O5S. The molecule has 2 N–H and O–H groups in total. The first kappa shape index (κ1) is 15.0. The van der Waals surface area contributed by atoms with Crippen LogP contribution in [0.1, 0.15) is 21.9 Å². The minimum Gasteiger partial charge on any atom is -0.478 e. The average molecular weight is 314 g/mol. The van der Waals surface area contributed by atoms with Gasteiger partial charge in [0, 0.05) is 0 Å². The van der Waals surface area contributed by atoms with Gasteiger partial charge in [0.2, 0.25) is 0 Å². The van der Waals surface area contributed by atoms with Crippen LogP contribution in [-0.4, -0.2) is 24.5 Å². The van der Waals surface area contributed by atoms with E-state index in [4.69, 9.17) is 9.52 Å². The summed E-state index contributed by atoms with van der Waals surface area (Å²) in [5.74, 6) is -2.26. The molecule has 0 saturated heterocycles. The maximum absolute atomic E-state index is 12.7. The van der Waals surface area contributed by atoms with Crippen LogP contribution >= 0.6 is 0 Å². The molecule has 0 aromatic carbocycles. The molecule has 0 fully saturated rings. The van der Waals surface area contributed by atoms with E-state index in [-0.39, 0.29) is 17.3 Å². The van der Waals surface area contributed by atoms with E-state index in [0.29, 0.717) is 0 Å². The summed E-state index contributed by atoms with van der Waals surface area (Å²) in [5.41, 5.74) is -0.442. The number of halogens is 1. The smallest absolute Gasteiger partial charge is 0.340 e. The summed E-state index contributed by atoms with van der Waals surface area (Å²) in [6, 6.07) is 2.14. The number of hydrogen-bond acceptors (Lipinski definition) is 5. The van der Waals surface area contributed by atoms with Gasteiger partial charge in [0.1, 0.15) is 33.6 Å². The molecule has 7 nitrogen and oxygen atoms in total. The third kappa shape index (κ3) is 2.87. The Morgan fingerprint density at radius 3 is 2.52 bits per heavy atom. The third-order valence-corrected chi connectivity index (χ3v) is 4.16. The van der Waals surface area contributed by atoms with Crippen molar-refractivity contribution in [2.45, 2.75) is 18.7 Å². The van der Waals surface area contributed by atoms with Gasteiger partial charge in [-0.15, -0.1) is 0 Å². The molecule has 0 spiro atoms. The number of pyridine rings is 1. The van der Waals surface area contributed by atoms with Crippen molar-refractivity contribution in [3.8, 4) is 0 Å². The maximum Gasteiger partial charge on any atom is 0.340 e. The average Bonchev–Trinajstić information content (AvgIpc) is 2.67. The van der Waals surface area contributed by atoms with Crippen molar-refractivity contribution in [3.05, 3.63) is 41.2 Å². The summed E-state index contributed by atoms with van der Waals surface area (Å²) in [5, 5.41) is 9.11. The number of anilines is 1. The minimum absolute atomic E-state index is 0.0209. The number of aryl methyl sites for hydroxylation is 2. The summed E-state index contributed by atoms with van der Waals surface area (Å²) in [4.78, 5) is 14.3. The molecule has 0 aliphatic rings. The van der Waals surface area contributed by atoms with Gasteiger partial charge >= 0.3 is 5.97 Å². The Labute approximate surface area is 119 Å². The number of furan rings is 1. The number of nitrogens with zero attached hydrogens (tertiary/aromatic N) is 1. The van der Waals surface area contributed by atoms with E-state index in [9.17, 15) is 17.6 Å². The maximum atomic E-state index is 12.7. The van der Waals surface area contributed by atoms with E-state index < -0.39 is 32.3 Å². The minimum atomic E-state index is -4.22. The SMILES string of the molecule is Cc1oc(C)c(S(=O)(=O)Nc2ccc(F)cn2)c1C(=O)O. The second-order valence-electron chi connectivity index (χ2n) is 4.19. The highest BCUT2D eigenvalue weighted by Crippen LogP contribution is 2.28. The molecule has 0 bridgehead atoms. The number of carboxylic acid groups (broad SMARTS) is 1. The molecule has 21 heavy (non-hydrogen) atoms. The molecule has 0 saturated carbocycles. The highest BCUT2D eigenvalue weighted by Gasteiger charge is 2.31. The molecule has 0 aliphatic heterocycles. The van der Waals surface area contributed by atoms with Crippen LogP contribution in [0, 0.1) is 19.7 Å². The predicted molar refractivity (Wildman–Crippen MR) is 70.1 cm³/mol. The first-order valence-electron chi connectivity index (χ1n) is 5.70. The number of aromatic nitrogens is 1. The van der Waals surface area contributed by atoms with E-state index in [1.165, 1.54) is 13.8 Å². The van der Waals surface area contributed by atoms with Crippen molar-refractivity contribution >= 4 is 21.8 Å². The summed E-state index contributed by atoms with van der Waals surface area (Å²) in [6.07, 6.45) is 0.837. The van der Waals surface area contributed by atoms with Crippen molar-refractivity contribution in [2.24, 2.45) is 0 Å². The van der Waals surface area contributed by atoms with Gasteiger partial charge < -0.3 is 9.52 Å². The van der Waals surface area contributed by atoms with Gasteiger partial charge in [-0.1, -0.05) is 0 Å². The lowest BCUT2D eigenvalue weighted by atomic mass is 10.2. The number of aromatic carboxylic acids is 1. The molecule has 2 heterocycles. The fourth-order valence-electron chi connectivity index (χ4n) is 1.86. The number of hydrogen-bond donors (Lipinski definition) is 2. The van der Waals surface area contributed by atoms with Gasteiger partial charge in [-0.25, -0.2) is 22.6 Å². The van der Waals surface area contributed by atoms with Crippen LogP contribution in [0.3, 0.4) is 0 Å². The predicted octanol–water partition coefficient (Wildman–Crippen LogP) is 1.93. The van der Waals surface area contributed by atoms with E-state index in [2.05, 4.69) is 9.71 Å². The normalized spacial score (nSPS) is 11.4. The third-order valence-electron chi connectivity index (χ3n) is 2.65. The van der Waals surface area contributed by atoms with Gasteiger partial charge in [-0.3, -0.25) is 4.72 Å². The fourth-order valence-corrected chi connectivity index (χ4v) is 3.28. The molecule has 0 amide bonds. The molecule has 0 radical (unpaired) electrons. The van der Waals surface area contributed by atoms with Crippen LogP contribution < -0.4 is 4.72 Å². The molecular weight excluding hydrogens is 303 g/mol. The quantitative estimate of drug-likeness (QED) is 0.892. The van der Waals surface area contributed by atoms with Crippen molar-refractivity contribution < 1.29 is 27.1 Å². The largest absolute Gasteiger partial charge is 0.478 e. The van der Waals surface area contributed by atoms with Crippen molar-refractivity contribution in [1.82, 2.24) is 4.98 Å². The zero-order chi connectivity index (χ0) is 15.8. The fraction of sp³-hybridized carbons (Fsp3) is 0.167. The Morgan fingerprint density at radius 1 is 1.33 bits per heavy atom. The van der Waals surface area contributed by atoms with Crippen LogP contribution in [0.25, 0.3) is 0 Å². The number of rotatable bonds is 4. The van der Waals surface area contributed by atoms with E-state index >= 15 is 0 Å². The monoisotopic (exact) mass is 314 g/mol. The van der Waals surface area contributed by atoms with Gasteiger partial charge in [-0.05, 0) is 26.0 Å². The summed E-state index contributed by atoms with van der Waals surface area (Å²) < 4.78 is 44.5. The molecule has 2 aromatic heterocycles. The Morgan fingerprint density at radius 2 is 2.00 bits per heavy atom. The number of sulfonamides is 1. The lowest BCUT2D eigenvalue weighted by Gasteiger charge is -2.07. The van der Waals surface area contributed by atoms with Crippen LogP contribution in [0.4, 0.5) is 10.2 Å².